The molecule has 1 amide bonds. The number of anilines is 3. The minimum absolute atomic E-state index is 0.0871. The van der Waals surface area contributed by atoms with E-state index in [2.05, 4.69) is 15.6 Å². The van der Waals surface area contributed by atoms with Gasteiger partial charge in [0.05, 0.1) is 16.8 Å². The van der Waals surface area contributed by atoms with Crippen molar-refractivity contribution in [3.05, 3.63) is 148 Å². The zero-order valence-electron chi connectivity index (χ0n) is 23.1. The molecule has 1 aromatic heterocycles. The number of hydrogen-bond donors (Lipinski definition) is 3. The standard InChI is InChI=1S/C36H25N3O4/c1-21-11-10-16-24(19-21)43-28-20-27(37-22-12-4-2-5-13-22)30-31-29(25-17-8-9-18-26(25)34(30)40)32(36(42)39-33(28)31)35(41)38-23-14-6-3-7-15-23/h2-20,37H,1H3,(H,38,41)(H,39,42). The number of carbonyl (C=O) groups excluding carboxylic acids is 2. The smallest absolute Gasteiger partial charge is 0.262 e. The molecule has 1 aliphatic rings. The summed E-state index contributed by atoms with van der Waals surface area (Å²) in [5.74, 6) is 0.0947. The molecule has 0 unspecified atom stereocenters. The molecule has 7 heteroatoms. The number of aromatic nitrogens is 1. The first-order valence-electron chi connectivity index (χ1n) is 13.8. The molecule has 3 N–H and O–H groups in total. The van der Waals surface area contributed by atoms with E-state index in [0.717, 1.165) is 11.3 Å². The third-order valence-corrected chi connectivity index (χ3v) is 7.45. The number of hydrogen-bond acceptors (Lipinski definition) is 5. The number of carbonyl (C=O) groups is 2. The summed E-state index contributed by atoms with van der Waals surface area (Å²) in [6, 6.07) is 34.7. The van der Waals surface area contributed by atoms with E-state index in [4.69, 9.17) is 4.74 Å². The van der Waals surface area contributed by atoms with Crippen LogP contribution in [0.5, 0.6) is 11.5 Å². The van der Waals surface area contributed by atoms with Gasteiger partial charge in [-0.15, -0.1) is 0 Å². The third-order valence-electron chi connectivity index (χ3n) is 7.45. The van der Waals surface area contributed by atoms with Gasteiger partial charge in [0.15, 0.2) is 11.5 Å². The molecule has 5 aromatic carbocycles. The maximum atomic E-state index is 14.2. The summed E-state index contributed by atoms with van der Waals surface area (Å²) >= 11 is 0. The van der Waals surface area contributed by atoms with Crippen LogP contribution in [0.3, 0.4) is 0 Å². The second-order valence-electron chi connectivity index (χ2n) is 10.4. The van der Waals surface area contributed by atoms with Gasteiger partial charge in [-0.25, -0.2) is 0 Å². The number of nitrogens with one attached hydrogen (secondary N) is 3. The van der Waals surface area contributed by atoms with E-state index in [9.17, 15) is 14.4 Å². The van der Waals surface area contributed by atoms with Gasteiger partial charge in [-0.2, -0.15) is 0 Å². The Hall–Kier alpha value is -5.95. The van der Waals surface area contributed by atoms with E-state index >= 15 is 0 Å². The first-order chi connectivity index (χ1) is 21.0. The highest BCUT2D eigenvalue weighted by Crippen LogP contribution is 2.47. The molecule has 208 valence electrons. The molecule has 0 saturated carbocycles. The fraction of sp³-hybridized carbons (Fsp3) is 0.0278. The Morgan fingerprint density at radius 2 is 1.40 bits per heavy atom. The molecule has 1 heterocycles. The van der Waals surface area contributed by atoms with Crippen molar-refractivity contribution in [3.63, 3.8) is 0 Å². The number of amides is 1. The zero-order chi connectivity index (χ0) is 29.5. The van der Waals surface area contributed by atoms with Crippen molar-refractivity contribution in [2.75, 3.05) is 10.6 Å². The highest BCUT2D eigenvalue weighted by atomic mass is 16.5. The zero-order valence-corrected chi connectivity index (χ0v) is 23.1. The van der Waals surface area contributed by atoms with Gasteiger partial charge >= 0.3 is 0 Å². The van der Waals surface area contributed by atoms with Crippen LogP contribution in [0.4, 0.5) is 17.1 Å². The lowest BCUT2D eigenvalue weighted by Crippen LogP contribution is -2.27. The summed E-state index contributed by atoms with van der Waals surface area (Å²) < 4.78 is 6.38. The molecule has 1 aliphatic carbocycles. The largest absolute Gasteiger partial charge is 0.455 e. The van der Waals surface area contributed by atoms with E-state index in [1.807, 2.05) is 67.6 Å². The minimum Gasteiger partial charge on any atom is -0.455 e. The first-order valence-corrected chi connectivity index (χ1v) is 13.8. The molecule has 0 aliphatic heterocycles. The van der Waals surface area contributed by atoms with Crippen molar-refractivity contribution in [1.29, 1.82) is 0 Å². The molecular formula is C36H25N3O4. The van der Waals surface area contributed by atoms with Gasteiger partial charge in [0.25, 0.3) is 11.5 Å². The van der Waals surface area contributed by atoms with Gasteiger partial charge in [-0.3, -0.25) is 14.4 Å². The van der Waals surface area contributed by atoms with Gasteiger partial charge in [-0.05, 0) is 54.4 Å². The molecule has 43 heavy (non-hydrogen) atoms. The number of benzene rings is 5. The summed E-state index contributed by atoms with van der Waals surface area (Å²) in [5.41, 5.74) is 4.07. The Bertz CT molecular complexity index is 2120. The number of rotatable bonds is 6. The number of H-pyrrole nitrogens is 1. The summed E-state index contributed by atoms with van der Waals surface area (Å²) in [6.45, 7) is 1.96. The van der Waals surface area contributed by atoms with Crippen LogP contribution in [0, 0.1) is 6.92 Å². The van der Waals surface area contributed by atoms with Gasteiger partial charge < -0.3 is 20.4 Å². The number of fused-ring (bicyclic) bond motifs is 2. The fourth-order valence-corrected chi connectivity index (χ4v) is 5.58. The summed E-state index contributed by atoms with van der Waals surface area (Å²) in [5, 5.41) is 6.67. The van der Waals surface area contributed by atoms with Crippen LogP contribution in [0.25, 0.3) is 22.0 Å². The van der Waals surface area contributed by atoms with Crippen molar-refractivity contribution in [2.45, 2.75) is 6.92 Å². The second kappa shape index (κ2) is 10.5. The van der Waals surface area contributed by atoms with Crippen LogP contribution in [0.15, 0.2) is 120 Å². The number of ether oxygens (including phenoxy) is 1. The Morgan fingerprint density at radius 1 is 0.721 bits per heavy atom. The predicted molar refractivity (Wildman–Crippen MR) is 169 cm³/mol. The maximum absolute atomic E-state index is 14.2. The molecular weight excluding hydrogens is 538 g/mol. The highest BCUT2D eigenvalue weighted by molar-refractivity contribution is 6.31. The summed E-state index contributed by atoms with van der Waals surface area (Å²) in [4.78, 5) is 44.7. The van der Waals surface area contributed by atoms with Gasteiger partial charge in [0.2, 0.25) is 0 Å². The Labute approximate surface area is 246 Å². The SMILES string of the molecule is Cc1cccc(Oc2cc(Nc3ccccc3)c3c4c(c(C(=O)Nc5ccccc5)c(=O)[nH]c24)-c2ccccc2C3=O)c1. The maximum Gasteiger partial charge on any atom is 0.262 e. The lowest BCUT2D eigenvalue weighted by atomic mass is 9.81. The van der Waals surface area contributed by atoms with E-state index in [1.54, 1.807) is 54.6 Å². The predicted octanol–water partition coefficient (Wildman–Crippen LogP) is 7.84. The monoisotopic (exact) mass is 563 g/mol. The van der Waals surface area contributed by atoms with Crippen LogP contribution in [0.2, 0.25) is 0 Å². The topological polar surface area (TPSA) is 100 Å². The van der Waals surface area contributed by atoms with Crippen molar-refractivity contribution in [1.82, 2.24) is 4.98 Å². The molecule has 0 saturated heterocycles. The number of para-hydroxylation sites is 2. The Kier molecular flexibility index (Phi) is 6.32. The van der Waals surface area contributed by atoms with Crippen LogP contribution in [0.1, 0.15) is 31.8 Å². The van der Waals surface area contributed by atoms with Crippen LogP contribution < -0.4 is 20.9 Å². The molecule has 7 nitrogen and oxygen atoms in total. The Morgan fingerprint density at radius 3 is 2.12 bits per heavy atom. The van der Waals surface area contributed by atoms with Crippen LogP contribution in [-0.2, 0) is 0 Å². The molecule has 0 fully saturated rings. The van der Waals surface area contributed by atoms with Crippen LogP contribution >= 0.6 is 0 Å². The molecule has 0 radical (unpaired) electrons. The van der Waals surface area contributed by atoms with Crippen molar-refractivity contribution >= 4 is 39.7 Å². The van der Waals surface area contributed by atoms with Crippen molar-refractivity contribution in [2.24, 2.45) is 0 Å². The molecule has 0 bridgehead atoms. The second-order valence-corrected chi connectivity index (χ2v) is 10.4. The minimum atomic E-state index is -0.594. The number of ketones is 1. The lowest BCUT2D eigenvalue weighted by Gasteiger charge is -2.25. The third kappa shape index (κ3) is 4.63. The average molecular weight is 564 g/mol. The van der Waals surface area contributed by atoms with Gasteiger partial charge in [0.1, 0.15) is 11.3 Å². The van der Waals surface area contributed by atoms with E-state index in [1.165, 1.54) is 0 Å². The lowest BCUT2D eigenvalue weighted by molar-refractivity contribution is 0.102. The molecule has 7 rings (SSSR count). The van der Waals surface area contributed by atoms with Gasteiger partial charge in [0, 0.05) is 34.0 Å². The van der Waals surface area contributed by atoms with Crippen LogP contribution in [-0.4, -0.2) is 16.7 Å². The molecule has 0 atom stereocenters. The molecule has 6 aromatic rings. The van der Waals surface area contributed by atoms with E-state index in [0.29, 0.717) is 56.0 Å². The highest BCUT2D eigenvalue weighted by Gasteiger charge is 2.34. The normalized spacial score (nSPS) is 11.6. The Balaban J connectivity index is 1.55. The van der Waals surface area contributed by atoms with E-state index < -0.39 is 11.5 Å². The molecule has 0 spiro atoms. The van der Waals surface area contributed by atoms with Crippen molar-refractivity contribution in [3.8, 4) is 22.6 Å². The fourth-order valence-electron chi connectivity index (χ4n) is 5.58. The number of aromatic amines is 1. The summed E-state index contributed by atoms with van der Waals surface area (Å²) in [6.07, 6.45) is 0. The average Bonchev–Trinajstić information content (AvgIpc) is 3.01. The van der Waals surface area contributed by atoms with Crippen molar-refractivity contribution < 1.29 is 14.3 Å². The number of pyridine rings is 1. The quantitative estimate of drug-likeness (QED) is 0.191. The van der Waals surface area contributed by atoms with Gasteiger partial charge in [-0.1, -0.05) is 72.8 Å². The summed E-state index contributed by atoms with van der Waals surface area (Å²) in [7, 11) is 0. The first kappa shape index (κ1) is 26.0. The van der Waals surface area contributed by atoms with E-state index in [-0.39, 0.29) is 11.3 Å². The number of aryl methyl sites for hydroxylation is 1.